The van der Waals surface area contributed by atoms with Gasteiger partial charge in [0.05, 0.1) is 18.2 Å². The van der Waals surface area contributed by atoms with Crippen LogP contribution in [-0.2, 0) is 20.8 Å². The lowest BCUT2D eigenvalue weighted by molar-refractivity contribution is -0.129. The fourth-order valence-electron chi connectivity index (χ4n) is 3.51. The van der Waals surface area contributed by atoms with E-state index >= 15 is 0 Å². The van der Waals surface area contributed by atoms with Crippen molar-refractivity contribution in [3.05, 3.63) is 77.2 Å². The fraction of sp³-hybridized carbons (Fsp3) is 0.280. The molecule has 166 valence electrons. The number of thiophene rings is 1. The molecule has 3 aromatic rings. The number of nitrogens with zero attached hydrogens (tertiary/aromatic N) is 1. The highest BCUT2D eigenvalue weighted by Gasteiger charge is 2.25. The lowest BCUT2D eigenvalue weighted by Crippen LogP contribution is -2.36. The molecule has 1 amide bonds. The maximum atomic E-state index is 12.9. The minimum atomic E-state index is -0.889. The predicted molar refractivity (Wildman–Crippen MR) is 126 cm³/mol. The molecular weight excluding hydrogens is 424 g/mol. The molecule has 1 aliphatic heterocycles. The third-order valence-corrected chi connectivity index (χ3v) is 6.44. The summed E-state index contributed by atoms with van der Waals surface area (Å²) in [7, 11) is 0. The second-order valence-corrected chi connectivity index (χ2v) is 8.58. The van der Waals surface area contributed by atoms with Crippen LogP contribution in [0.2, 0.25) is 0 Å². The number of anilines is 1. The molecule has 0 saturated carbocycles. The van der Waals surface area contributed by atoms with Crippen molar-refractivity contribution in [3.8, 4) is 11.1 Å². The highest BCUT2D eigenvalue weighted by Crippen LogP contribution is 2.39. The number of rotatable bonds is 7. The van der Waals surface area contributed by atoms with Crippen LogP contribution in [-0.4, -0.2) is 44.3 Å². The Kier molecular flexibility index (Phi) is 7.19. The number of carbonyl (C=O) groups excluding carboxylic acids is 2. The number of hydrogen-bond donors (Lipinski definition) is 1. The van der Waals surface area contributed by atoms with Crippen LogP contribution in [0.5, 0.6) is 0 Å². The van der Waals surface area contributed by atoms with Crippen LogP contribution in [0, 0.1) is 0 Å². The molecule has 0 spiro atoms. The molecule has 7 heteroatoms. The molecule has 0 aliphatic carbocycles. The van der Waals surface area contributed by atoms with Crippen molar-refractivity contribution in [3.63, 3.8) is 0 Å². The number of benzene rings is 2. The Morgan fingerprint density at radius 3 is 2.41 bits per heavy atom. The SMILES string of the molecule is CC(OC(=O)c1cc(-c2ccccc2)c(N2CCOCC2)s1)C(=O)NCc1ccccc1. The Morgan fingerprint density at radius 1 is 1.06 bits per heavy atom. The summed E-state index contributed by atoms with van der Waals surface area (Å²) >= 11 is 1.40. The molecule has 0 radical (unpaired) electrons. The standard InChI is InChI=1S/C25H26N2O4S/c1-18(23(28)26-17-19-8-4-2-5-9-19)31-25(29)22-16-21(20-10-6-3-7-11-20)24(32-22)27-12-14-30-15-13-27/h2-11,16,18H,12-15,17H2,1H3,(H,26,28). The lowest BCUT2D eigenvalue weighted by atomic mass is 10.1. The van der Waals surface area contributed by atoms with E-state index in [0.717, 1.165) is 34.8 Å². The molecule has 0 bridgehead atoms. The van der Waals surface area contributed by atoms with Crippen molar-refractivity contribution < 1.29 is 19.1 Å². The molecule has 6 nitrogen and oxygen atoms in total. The van der Waals surface area contributed by atoms with Gasteiger partial charge in [-0.25, -0.2) is 4.79 Å². The van der Waals surface area contributed by atoms with Crippen LogP contribution in [0.1, 0.15) is 22.2 Å². The van der Waals surface area contributed by atoms with Crippen molar-refractivity contribution in [1.29, 1.82) is 0 Å². The van der Waals surface area contributed by atoms with E-state index in [0.29, 0.717) is 24.6 Å². The normalized spacial score (nSPS) is 14.6. The zero-order chi connectivity index (χ0) is 22.3. The molecule has 1 aromatic heterocycles. The molecule has 1 aliphatic rings. The molecule has 1 N–H and O–H groups in total. The number of hydrogen-bond acceptors (Lipinski definition) is 6. The number of ether oxygens (including phenoxy) is 2. The van der Waals surface area contributed by atoms with Gasteiger partial charge in [-0.2, -0.15) is 0 Å². The van der Waals surface area contributed by atoms with Crippen LogP contribution < -0.4 is 10.2 Å². The molecule has 1 saturated heterocycles. The quantitative estimate of drug-likeness (QED) is 0.549. The molecule has 1 unspecified atom stereocenters. The van der Waals surface area contributed by atoms with Gasteiger partial charge >= 0.3 is 5.97 Å². The summed E-state index contributed by atoms with van der Waals surface area (Å²) in [6.07, 6.45) is -0.889. The minimum absolute atomic E-state index is 0.324. The summed E-state index contributed by atoms with van der Waals surface area (Å²) in [6.45, 7) is 4.84. The van der Waals surface area contributed by atoms with Gasteiger partial charge in [-0.15, -0.1) is 11.3 Å². The van der Waals surface area contributed by atoms with Crippen molar-refractivity contribution in [1.82, 2.24) is 5.32 Å². The van der Waals surface area contributed by atoms with E-state index in [2.05, 4.69) is 10.2 Å². The smallest absolute Gasteiger partial charge is 0.349 e. The Bertz CT molecular complexity index is 1050. The van der Waals surface area contributed by atoms with Crippen LogP contribution in [0.4, 0.5) is 5.00 Å². The topological polar surface area (TPSA) is 67.9 Å². The van der Waals surface area contributed by atoms with Crippen LogP contribution in [0.15, 0.2) is 66.7 Å². The summed E-state index contributed by atoms with van der Waals surface area (Å²) in [5, 5.41) is 3.84. The van der Waals surface area contributed by atoms with Crippen LogP contribution in [0.25, 0.3) is 11.1 Å². The average molecular weight is 451 g/mol. The first kappa shape index (κ1) is 22.0. The average Bonchev–Trinajstić information content (AvgIpc) is 3.30. The summed E-state index contributed by atoms with van der Waals surface area (Å²) in [6, 6.07) is 21.5. The van der Waals surface area contributed by atoms with Gasteiger partial charge in [-0.3, -0.25) is 4.79 Å². The van der Waals surface area contributed by atoms with E-state index in [1.165, 1.54) is 11.3 Å². The van der Waals surface area contributed by atoms with Crippen molar-refractivity contribution in [2.45, 2.75) is 19.6 Å². The third kappa shape index (κ3) is 5.36. The molecule has 32 heavy (non-hydrogen) atoms. The van der Waals surface area contributed by atoms with Gasteiger partial charge in [0.2, 0.25) is 0 Å². The molecule has 1 fully saturated rings. The fourth-order valence-corrected chi connectivity index (χ4v) is 4.62. The first-order chi connectivity index (χ1) is 15.6. The molecule has 2 heterocycles. The number of carbonyl (C=O) groups is 2. The van der Waals surface area contributed by atoms with Crippen molar-refractivity contribution in [2.75, 3.05) is 31.2 Å². The Hall–Kier alpha value is -3.16. The number of esters is 1. The molecule has 2 aromatic carbocycles. The number of morpholine rings is 1. The van der Waals surface area contributed by atoms with Gasteiger partial charge in [0.25, 0.3) is 5.91 Å². The third-order valence-electron chi connectivity index (χ3n) is 5.26. The lowest BCUT2D eigenvalue weighted by Gasteiger charge is -2.28. The zero-order valence-corrected chi connectivity index (χ0v) is 18.8. The van der Waals surface area contributed by atoms with Gasteiger partial charge in [-0.05, 0) is 24.1 Å². The summed E-state index contributed by atoms with van der Waals surface area (Å²) < 4.78 is 11.0. The number of amides is 1. The Balaban J connectivity index is 1.46. The van der Waals surface area contributed by atoms with E-state index in [9.17, 15) is 9.59 Å². The van der Waals surface area contributed by atoms with Crippen LogP contribution >= 0.6 is 11.3 Å². The summed E-state index contributed by atoms with van der Waals surface area (Å²) in [5.41, 5.74) is 3.02. The molecule has 4 rings (SSSR count). The largest absolute Gasteiger partial charge is 0.448 e. The minimum Gasteiger partial charge on any atom is -0.448 e. The second-order valence-electron chi connectivity index (χ2n) is 7.55. The summed E-state index contributed by atoms with van der Waals surface area (Å²) in [5.74, 6) is -0.815. The van der Waals surface area contributed by atoms with E-state index in [1.54, 1.807) is 6.92 Å². The molecular formula is C25H26N2O4S. The molecule has 1 atom stereocenters. The Morgan fingerprint density at radius 2 is 1.72 bits per heavy atom. The van der Waals surface area contributed by atoms with Crippen LogP contribution in [0.3, 0.4) is 0 Å². The maximum absolute atomic E-state index is 12.9. The van der Waals surface area contributed by atoms with E-state index < -0.39 is 12.1 Å². The van der Waals surface area contributed by atoms with Gasteiger partial charge in [0.15, 0.2) is 6.10 Å². The summed E-state index contributed by atoms with van der Waals surface area (Å²) in [4.78, 5) is 28.0. The maximum Gasteiger partial charge on any atom is 0.349 e. The van der Waals surface area contributed by atoms with E-state index in [4.69, 9.17) is 9.47 Å². The number of nitrogens with one attached hydrogen (secondary N) is 1. The van der Waals surface area contributed by atoms with Gasteiger partial charge in [-0.1, -0.05) is 60.7 Å². The predicted octanol–water partition coefficient (Wildman–Crippen LogP) is 4.11. The van der Waals surface area contributed by atoms with Gasteiger partial charge < -0.3 is 19.7 Å². The highest BCUT2D eigenvalue weighted by molar-refractivity contribution is 7.18. The Labute approximate surface area is 191 Å². The van der Waals surface area contributed by atoms with E-state index in [1.807, 2.05) is 66.7 Å². The van der Waals surface area contributed by atoms with Gasteiger partial charge in [0.1, 0.15) is 4.88 Å². The van der Waals surface area contributed by atoms with E-state index in [-0.39, 0.29) is 5.91 Å². The second kappa shape index (κ2) is 10.4. The van der Waals surface area contributed by atoms with Crippen molar-refractivity contribution in [2.24, 2.45) is 0 Å². The first-order valence-electron chi connectivity index (χ1n) is 10.7. The zero-order valence-electron chi connectivity index (χ0n) is 18.0. The first-order valence-corrected chi connectivity index (χ1v) is 11.5. The van der Waals surface area contributed by atoms with Gasteiger partial charge in [0, 0.05) is 25.2 Å². The van der Waals surface area contributed by atoms with Crippen molar-refractivity contribution >= 4 is 28.2 Å². The highest BCUT2D eigenvalue weighted by atomic mass is 32.1. The monoisotopic (exact) mass is 450 g/mol.